The van der Waals surface area contributed by atoms with Crippen molar-refractivity contribution >= 4 is 27.8 Å². The van der Waals surface area contributed by atoms with Crippen LogP contribution < -0.4 is 10.9 Å². The summed E-state index contributed by atoms with van der Waals surface area (Å²) in [5.74, 6) is 1.43. The van der Waals surface area contributed by atoms with Crippen molar-refractivity contribution in [1.29, 1.82) is 0 Å². The van der Waals surface area contributed by atoms with E-state index in [-0.39, 0.29) is 11.5 Å². The van der Waals surface area contributed by atoms with Gasteiger partial charge in [-0.15, -0.1) is 0 Å². The molecule has 2 atom stereocenters. The minimum atomic E-state index is -0.356. The Morgan fingerprint density at radius 1 is 0.971 bits per heavy atom. The Hall–Kier alpha value is -2.60. The molecule has 2 aromatic heterocycles. The second kappa shape index (κ2) is 9.21. The molecule has 0 spiro atoms. The second-order valence-corrected chi connectivity index (χ2v) is 10.3. The molecular formula is C28H36N2O4. The average molecular weight is 465 g/mol. The highest BCUT2D eigenvalue weighted by Crippen LogP contribution is 2.34. The number of benzene rings is 1. The predicted octanol–water partition coefficient (Wildman–Crippen LogP) is 5.09. The quantitative estimate of drug-likeness (QED) is 0.533. The fraction of sp³-hybridized carbons (Fsp3) is 0.571. The highest BCUT2D eigenvalue weighted by Gasteiger charge is 2.33. The Morgan fingerprint density at radius 3 is 2.53 bits per heavy atom. The van der Waals surface area contributed by atoms with Gasteiger partial charge in [0.15, 0.2) is 0 Å². The van der Waals surface area contributed by atoms with Gasteiger partial charge in [0.25, 0.3) is 0 Å². The largest absolute Gasteiger partial charge is 0.461 e. The van der Waals surface area contributed by atoms with Crippen molar-refractivity contribution in [2.24, 2.45) is 5.92 Å². The van der Waals surface area contributed by atoms with Crippen molar-refractivity contribution in [3.05, 3.63) is 44.5 Å². The van der Waals surface area contributed by atoms with Crippen LogP contribution in [0.5, 0.6) is 0 Å². The monoisotopic (exact) mass is 464 g/mol. The van der Waals surface area contributed by atoms with E-state index >= 15 is 0 Å². The smallest absolute Gasteiger partial charge is 0.339 e. The zero-order valence-corrected chi connectivity index (χ0v) is 20.9. The van der Waals surface area contributed by atoms with E-state index < -0.39 is 0 Å². The first-order valence-corrected chi connectivity index (χ1v) is 12.8. The summed E-state index contributed by atoms with van der Waals surface area (Å²) in [7, 11) is 0. The molecule has 4 heterocycles. The minimum absolute atomic E-state index is 0.0137. The van der Waals surface area contributed by atoms with Crippen LogP contribution in [0.25, 0.3) is 21.9 Å². The van der Waals surface area contributed by atoms with Gasteiger partial charge in [-0.2, -0.15) is 0 Å². The average Bonchev–Trinajstić information content (AvgIpc) is 3.12. The van der Waals surface area contributed by atoms with E-state index in [1.807, 2.05) is 27.7 Å². The van der Waals surface area contributed by atoms with Crippen molar-refractivity contribution < 1.29 is 13.6 Å². The van der Waals surface area contributed by atoms with Crippen LogP contribution in [0.2, 0.25) is 0 Å². The normalized spacial score (nSPS) is 21.2. The lowest BCUT2D eigenvalue weighted by atomic mass is 9.83. The van der Waals surface area contributed by atoms with Crippen LogP contribution in [0.4, 0.5) is 0 Å². The summed E-state index contributed by atoms with van der Waals surface area (Å²) >= 11 is 0. The third-order valence-corrected chi connectivity index (χ3v) is 8.34. The molecule has 1 N–H and O–H groups in total. The van der Waals surface area contributed by atoms with E-state index in [0.29, 0.717) is 35.9 Å². The lowest BCUT2D eigenvalue weighted by molar-refractivity contribution is -0.121. The Kier molecular flexibility index (Phi) is 6.28. The molecule has 5 rings (SSSR count). The molecule has 0 saturated carbocycles. The maximum Gasteiger partial charge on any atom is 0.339 e. The van der Waals surface area contributed by atoms with Crippen LogP contribution >= 0.6 is 0 Å². The molecule has 2 fully saturated rings. The molecule has 1 aromatic carbocycles. The molecular weight excluding hydrogens is 428 g/mol. The SMILES string of the molecule is Cc1oc2c(C)c3oc(=O)c(CCC(=O)NC[C@@H]4CCCN5CCCC[C@@H]45)c(C)c3cc2c1C. The van der Waals surface area contributed by atoms with Gasteiger partial charge >= 0.3 is 5.63 Å². The molecule has 6 heteroatoms. The number of amides is 1. The van der Waals surface area contributed by atoms with Crippen molar-refractivity contribution in [2.75, 3.05) is 19.6 Å². The van der Waals surface area contributed by atoms with E-state index in [9.17, 15) is 9.59 Å². The van der Waals surface area contributed by atoms with Gasteiger partial charge in [0.2, 0.25) is 5.91 Å². The van der Waals surface area contributed by atoms with Crippen LogP contribution in [0.3, 0.4) is 0 Å². The van der Waals surface area contributed by atoms with Gasteiger partial charge in [-0.1, -0.05) is 6.42 Å². The van der Waals surface area contributed by atoms with E-state index in [1.54, 1.807) is 0 Å². The van der Waals surface area contributed by atoms with Gasteiger partial charge in [0, 0.05) is 40.9 Å². The number of nitrogens with zero attached hydrogens (tertiary/aromatic N) is 1. The summed E-state index contributed by atoms with van der Waals surface area (Å²) in [6.45, 7) is 11.0. The zero-order valence-electron chi connectivity index (χ0n) is 20.9. The highest BCUT2D eigenvalue weighted by molar-refractivity contribution is 6.00. The van der Waals surface area contributed by atoms with E-state index in [2.05, 4.69) is 16.3 Å². The predicted molar refractivity (Wildman–Crippen MR) is 134 cm³/mol. The standard InChI is InChI=1S/C28H36N2O4/c1-16-19(4)33-26-18(3)27-23(14-22(16)26)17(2)21(28(32)34-27)10-11-25(31)29-15-20-8-7-13-30-12-6-5-9-24(20)30/h14,20,24H,5-13,15H2,1-4H3,(H,29,31)/t20-,24-/m0/s1. The summed E-state index contributed by atoms with van der Waals surface area (Å²) < 4.78 is 11.7. The number of rotatable bonds is 5. The van der Waals surface area contributed by atoms with Crippen LogP contribution in [0.1, 0.15) is 66.5 Å². The molecule has 34 heavy (non-hydrogen) atoms. The molecule has 1 amide bonds. The molecule has 0 bridgehead atoms. The number of hydrogen-bond acceptors (Lipinski definition) is 5. The number of aryl methyl sites for hydroxylation is 4. The molecule has 2 aliphatic heterocycles. The second-order valence-electron chi connectivity index (χ2n) is 10.3. The summed E-state index contributed by atoms with van der Waals surface area (Å²) in [6, 6.07) is 2.68. The van der Waals surface area contributed by atoms with Gasteiger partial charge in [-0.3, -0.25) is 4.79 Å². The first kappa shape index (κ1) is 23.2. The molecule has 0 unspecified atom stereocenters. The number of piperidine rings is 2. The first-order valence-electron chi connectivity index (χ1n) is 12.8. The minimum Gasteiger partial charge on any atom is -0.461 e. The Morgan fingerprint density at radius 2 is 1.71 bits per heavy atom. The van der Waals surface area contributed by atoms with Crippen LogP contribution in [-0.2, 0) is 11.2 Å². The van der Waals surface area contributed by atoms with Crippen molar-refractivity contribution in [3.63, 3.8) is 0 Å². The maximum atomic E-state index is 12.9. The summed E-state index contributed by atoms with van der Waals surface area (Å²) in [6.07, 6.45) is 6.94. The van der Waals surface area contributed by atoms with Crippen molar-refractivity contribution in [3.8, 4) is 0 Å². The van der Waals surface area contributed by atoms with E-state index in [1.165, 1.54) is 45.2 Å². The lowest BCUT2D eigenvalue weighted by Crippen LogP contribution is -2.51. The number of hydrogen-bond donors (Lipinski definition) is 1. The fourth-order valence-electron chi connectivity index (χ4n) is 6.17. The van der Waals surface area contributed by atoms with E-state index in [4.69, 9.17) is 8.83 Å². The lowest BCUT2D eigenvalue weighted by Gasteiger charge is -2.44. The number of carbonyl (C=O) groups is 1. The van der Waals surface area contributed by atoms with Crippen LogP contribution in [-0.4, -0.2) is 36.5 Å². The van der Waals surface area contributed by atoms with E-state index in [0.717, 1.165) is 45.4 Å². The van der Waals surface area contributed by atoms with Gasteiger partial charge in [0.1, 0.15) is 16.9 Å². The van der Waals surface area contributed by atoms with Crippen LogP contribution in [0, 0.1) is 33.6 Å². The number of furan rings is 1. The Balaban J connectivity index is 1.30. The third-order valence-electron chi connectivity index (χ3n) is 8.34. The molecule has 6 nitrogen and oxygen atoms in total. The Bertz CT molecular complexity index is 1300. The third kappa shape index (κ3) is 4.06. The number of nitrogens with one attached hydrogen (secondary N) is 1. The van der Waals surface area contributed by atoms with Gasteiger partial charge in [0.05, 0.1) is 0 Å². The molecule has 182 valence electrons. The van der Waals surface area contributed by atoms with Gasteiger partial charge < -0.3 is 19.1 Å². The van der Waals surface area contributed by atoms with Crippen molar-refractivity contribution in [1.82, 2.24) is 10.2 Å². The molecule has 3 aromatic rings. The fourth-order valence-corrected chi connectivity index (χ4v) is 6.17. The molecule has 0 aliphatic carbocycles. The molecule has 2 saturated heterocycles. The molecule has 0 radical (unpaired) electrons. The summed E-state index contributed by atoms with van der Waals surface area (Å²) in [5, 5.41) is 5.13. The Labute approximate surface area is 200 Å². The first-order chi connectivity index (χ1) is 16.3. The van der Waals surface area contributed by atoms with Gasteiger partial charge in [-0.05, 0) is 96.0 Å². The zero-order chi connectivity index (χ0) is 24.0. The summed E-state index contributed by atoms with van der Waals surface area (Å²) in [5.41, 5.74) is 4.43. The topological polar surface area (TPSA) is 75.7 Å². The van der Waals surface area contributed by atoms with Crippen LogP contribution in [0.15, 0.2) is 19.7 Å². The highest BCUT2D eigenvalue weighted by atomic mass is 16.4. The number of carbonyl (C=O) groups excluding carboxylic acids is 1. The number of fused-ring (bicyclic) bond motifs is 3. The van der Waals surface area contributed by atoms with Crippen molar-refractivity contribution in [2.45, 2.75) is 78.7 Å². The summed E-state index contributed by atoms with van der Waals surface area (Å²) in [4.78, 5) is 28.2. The van der Waals surface area contributed by atoms with Gasteiger partial charge in [-0.25, -0.2) is 4.79 Å². The molecule has 2 aliphatic rings. The maximum absolute atomic E-state index is 12.9.